The zero-order valence-electron chi connectivity index (χ0n) is 10.3. The van der Waals surface area contributed by atoms with E-state index in [0.29, 0.717) is 5.25 Å². The van der Waals surface area contributed by atoms with Gasteiger partial charge in [0, 0.05) is 31.0 Å². The molecule has 2 aromatic carbocycles. The third-order valence-electron chi connectivity index (χ3n) is 3.11. The molecule has 1 atom stereocenters. The van der Waals surface area contributed by atoms with Gasteiger partial charge in [0.05, 0.1) is 0 Å². The van der Waals surface area contributed by atoms with Gasteiger partial charge in [-0.1, -0.05) is 34.1 Å². The Labute approximate surface area is 130 Å². The van der Waals surface area contributed by atoms with Crippen molar-refractivity contribution >= 4 is 45.1 Å². The fourth-order valence-corrected chi connectivity index (χ4v) is 4.99. The van der Waals surface area contributed by atoms with Crippen molar-refractivity contribution in [2.24, 2.45) is 0 Å². The van der Waals surface area contributed by atoms with E-state index in [9.17, 15) is 0 Å². The molecule has 2 N–H and O–H groups in total. The van der Waals surface area contributed by atoms with E-state index < -0.39 is 0 Å². The van der Waals surface area contributed by atoms with Gasteiger partial charge in [0.25, 0.3) is 0 Å². The lowest BCUT2D eigenvalue weighted by molar-refractivity contribution is 0.970. The topological polar surface area (TPSA) is 26.0 Å². The number of anilines is 1. The molecule has 4 heteroatoms. The lowest BCUT2D eigenvalue weighted by Crippen LogP contribution is -2.04. The molecule has 1 aliphatic heterocycles. The zero-order valence-corrected chi connectivity index (χ0v) is 13.5. The monoisotopic (exact) mass is 351 g/mol. The Morgan fingerprint density at radius 1 is 1.26 bits per heavy atom. The molecular formula is C15H14BrNS2. The SMILES string of the molecule is Nc1cc(Br)ccc1SCC1Cc2ccccc2S1. The van der Waals surface area contributed by atoms with Crippen molar-refractivity contribution in [2.75, 3.05) is 11.5 Å². The largest absolute Gasteiger partial charge is 0.398 e. The molecule has 2 aromatic rings. The fourth-order valence-electron chi connectivity index (χ4n) is 2.18. The van der Waals surface area contributed by atoms with E-state index in [0.717, 1.165) is 15.9 Å². The highest BCUT2D eigenvalue weighted by Gasteiger charge is 2.21. The average molecular weight is 352 g/mol. The van der Waals surface area contributed by atoms with E-state index in [2.05, 4.69) is 52.3 Å². The Hall–Kier alpha value is -0.580. The quantitative estimate of drug-likeness (QED) is 0.632. The maximum Gasteiger partial charge on any atom is 0.0463 e. The first-order chi connectivity index (χ1) is 9.22. The van der Waals surface area contributed by atoms with Crippen molar-refractivity contribution in [1.82, 2.24) is 0 Å². The molecule has 1 aliphatic rings. The summed E-state index contributed by atoms with van der Waals surface area (Å²) in [5.41, 5.74) is 8.38. The highest BCUT2D eigenvalue weighted by Crippen LogP contribution is 2.40. The number of halogens is 1. The van der Waals surface area contributed by atoms with E-state index in [1.807, 2.05) is 29.6 Å². The molecule has 0 bridgehead atoms. The minimum absolute atomic E-state index is 0.658. The third kappa shape index (κ3) is 3.12. The van der Waals surface area contributed by atoms with Crippen molar-refractivity contribution in [2.45, 2.75) is 21.5 Å². The minimum Gasteiger partial charge on any atom is -0.398 e. The number of thioether (sulfide) groups is 2. The van der Waals surface area contributed by atoms with Crippen LogP contribution in [0, 0.1) is 0 Å². The van der Waals surface area contributed by atoms with E-state index >= 15 is 0 Å². The van der Waals surface area contributed by atoms with E-state index in [1.54, 1.807) is 0 Å². The molecule has 0 saturated heterocycles. The van der Waals surface area contributed by atoms with Crippen LogP contribution < -0.4 is 5.73 Å². The molecule has 0 saturated carbocycles. The van der Waals surface area contributed by atoms with Gasteiger partial charge < -0.3 is 5.73 Å². The summed E-state index contributed by atoms with van der Waals surface area (Å²) in [4.78, 5) is 2.62. The molecule has 0 amide bonds. The Balaban J connectivity index is 1.63. The normalized spacial score (nSPS) is 17.4. The summed E-state index contributed by atoms with van der Waals surface area (Å²) >= 11 is 7.29. The van der Waals surface area contributed by atoms with Gasteiger partial charge in [0.2, 0.25) is 0 Å². The van der Waals surface area contributed by atoms with Gasteiger partial charge in [-0.2, -0.15) is 0 Å². The van der Waals surface area contributed by atoms with Crippen molar-refractivity contribution in [3.63, 3.8) is 0 Å². The van der Waals surface area contributed by atoms with Crippen LogP contribution in [-0.2, 0) is 6.42 Å². The number of benzene rings is 2. The van der Waals surface area contributed by atoms with Crippen molar-refractivity contribution in [1.29, 1.82) is 0 Å². The number of rotatable bonds is 3. The lowest BCUT2D eigenvalue weighted by Gasteiger charge is -2.10. The minimum atomic E-state index is 0.658. The van der Waals surface area contributed by atoms with Crippen LogP contribution in [0.5, 0.6) is 0 Å². The van der Waals surface area contributed by atoms with E-state index in [-0.39, 0.29) is 0 Å². The second-order valence-corrected chi connectivity index (χ2v) is 7.86. The summed E-state index contributed by atoms with van der Waals surface area (Å²) in [6.45, 7) is 0. The summed E-state index contributed by atoms with van der Waals surface area (Å²) < 4.78 is 1.04. The number of nitrogens with two attached hydrogens (primary N) is 1. The van der Waals surface area contributed by atoms with E-state index in [1.165, 1.54) is 21.8 Å². The first kappa shape index (κ1) is 13.4. The average Bonchev–Trinajstić information content (AvgIpc) is 2.80. The number of fused-ring (bicyclic) bond motifs is 1. The second-order valence-electron chi connectivity index (χ2n) is 4.54. The molecule has 98 valence electrons. The van der Waals surface area contributed by atoms with Gasteiger partial charge >= 0.3 is 0 Å². The van der Waals surface area contributed by atoms with Crippen LogP contribution in [0.3, 0.4) is 0 Å². The van der Waals surface area contributed by atoms with Crippen LogP contribution in [0.25, 0.3) is 0 Å². The van der Waals surface area contributed by atoms with Crippen LogP contribution in [0.2, 0.25) is 0 Å². The van der Waals surface area contributed by atoms with Gasteiger partial charge in [-0.15, -0.1) is 23.5 Å². The first-order valence-electron chi connectivity index (χ1n) is 6.15. The predicted octanol–water partition coefficient (Wildman–Crippen LogP) is 4.84. The summed E-state index contributed by atoms with van der Waals surface area (Å²) in [5, 5.41) is 0.658. The molecule has 0 aromatic heterocycles. The van der Waals surface area contributed by atoms with Gasteiger partial charge in [-0.3, -0.25) is 0 Å². The van der Waals surface area contributed by atoms with Crippen molar-refractivity contribution < 1.29 is 0 Å². The molecule has 19 heavy (non-hydrogen) atoms. The predicted molar refractivity (Wildman–Crippen MR) is 89.1 cm³/mol. The smallest absolute Gasteiger partial charge is 0.0463 e. The number of hydrogen-bond acceptors (Lipinski definition) is 3. The second kappa shape index (κ2) is 5.81. The first-order valence-corrected chi connectivity index (χ1v) is 8.80. The molecule has 0 radical (unpaired) electrons. The van der Waals surface area contributed by atoms with Gasteiger partial charge in [0.15, 0.2) is 0 Å². The molecule has 0 aliphatic carbocycles. The van der Waals surface area contributed by atoms with Crippen LogP contribution in [0.15, 0.2) is 56.7 Å². The van der Waals surface area contributed by atoms with Crippen molar-refractivity contribution in [3.8, 4) is 0 Å². The fraction of sp³-hybridized carbons (Fsp3) is 0.200. The summed E-state index contributed by atoms with van der Waals surface area (Å²) in [7, 11) is 0. The summed E-state index contributed by atoms with van der Waals surface area (Å²) in [6, 6.07) is 14.8. The number of hydrogen-bond donors (Lipinski definition) is 1. The summed E-state index contributed by atoms with van der Waals surface area (Å²) in [6.07, 6.45) is 1.17. The van der Waals surface area contributed by atoms with Crippen molar-refractivity contribution in [3.05, 3.63) is 52.5 Å². The molecule has 0 fully saturated rings. The van der Waals surface area contributed by atoms with Crippen LogP contribution in [0.4, 0.5) is 5.69 Å². The molecule has 1 nitrogen and oxygen atoms in total. The lowest BCUT2D eigenvalue weighted by atomic mass is 10.1. The molecule has 1 unspecified atom stereocenters. The highest BCUT2D eigenvalue weighted by atomic mass is 79.9. The third-order valence-corrected chi connectivity index (χ3v) is 6.39. The Bertz CT molecular complexity index is 575. The number of nitrogen functional groups attached to an aromatic ring is 1. The maximum absolute atomic E-state index is 6.03. The Morgan fingerprint density at radius 3 is 2.89 bits per heavy atom. The molecule has 1 heterocycles. The van der Waals surface area contributed by atoms with Crippen LogP contribution in [-0.4, -0.2) is 11.0 Å². The molecule has 0 spiro atoms. The van der Waals surface area contributed by atoms with Gasteiger partial charge in [0.1, 0.15) is 0 Å². The standard InChI is InChI=1S/C15H14BrNS2/c16-11-5-6-15(13(17)8-11)18-9-12-7-10-3-1-2-4-14(10)19-12/h1-6,8,12H,7,9,17H2. The highest BCUT2D eigenvalue weighted by molar-refractivity contribution is 9.10. The Kier molecular flexibility index (Phi) is 4.10. The Morgan fingerprint density at radius 2 is 2.11 bits per heavy atom. The van der Waals surface area contributed by atoms with Crippen LogP contribution >= 0.6 is 39.5 Å². The van der Waals surface area contributed by atoms with Crippen LogP contribution in [0.1, 0.15) is 5.56 Å². The molecular weight excluding hydrogens is 338 g/mol. The molecule has 3 rings (SSSR count). The van der Waals surface area contributed by atoms with E-state index in [4.69, 9.17) is 5.73 Å². The maximum atomic E-state index is 6.03. The summed E-state index contributed by atoms with van der Waals surface area (Å²) in [5.74, 6) is 1.10. The van der Waals surface area contributed by atoms with Gasteiger partial charge in [-0.25, -0.2) is 0 Å². The zero-order chi connectivity index (χ0) is 13.2. The van der Waals surface area contributed by atoms with Gasteiger partial charge in [-0.05, 0) is 36.2 Å².